The molecule has 0 unspecified atom stereocenters. The fourth-order valence-corrected chi connectivity index (χ4v) is 7.24. The van der Waals surface area contributed by atoms with Crippen LogP contribution < -0.4 is 27.4 Å². The molecule has 2 fully saturated rings. The van der Waals surface area contributed by atoms with E-state index >= 15 is 0 Å². The van der Waals surface area contributed by atoms with E-state index in [0.29, 0.717) is 35.8 Å². The number of fused-ring (bicyclic) bond motifs is 2. The second-order valence-electron chi connectivity index (χ2n) is 11.9. The third-order valence-corrected chi connectivity index (χ3v) is 10.1. The molecule has 0 aromatic carbocycles. The van der Waals surface area contributed by atoms with Gasteiger partial charge in [-0.25, -0.2) is 25.9 Å². The van der Waals surface area contributed by atoms with E-state index in [1.165, 1.54) is 23.0 Å². The first kappa shape index (κ1) is 38.8. The van der Waals surface area contributed by atoms with Gasteiger partial charge in [0, 0.05) is 63.7 Å². The zero-order valence-electron chi connectivity index (χ0n) is 26.9. The molecule has 0 aliphatic carbocycles. The van der Waals surface area contributed by atoms with E-state index < -0.39 is 30.9 Å². The molecule has 0 bridgehead atoms. The highest BCUT2D eigenvalue weighted by atomic mass is 79.9. The number of amides is 2. The average Bonchev–Trinajstić information content (AvgIpc) is 3.74. The minimum absolute atomic E-state index is 0.0899. The maximum atomic E-state index is 11.8. The van der Waals surface area contributed by atoms with E-state index in [-0.39, 0.29) is 23.6 Å². The van der Waals surface area contributed by atoms with Crippen molar-refractivity contribution in [2.24, 2.45) is 23.3 Å². The van der Waals surface area contributed by atoms with Crippen LogP contribution in [0.5, 0.6) is 0 Å². The van der Waals surface area contributed by atoms with Crippen molar-refractivity contribution in [2.75, 3.05) is 49.3 Å². The van der Waals surface area contributed by atoms with Gasteiger partial charge in [-0.05, 0) is 62.4 Å². The molecule has 49 heavy (non-hydrogen) atoms. The summed E-state index contributed by atoms with van der Waals surface area (Å²) in [6, 6.07) is 3.90. The van der Waals surface area contributed by atoms with Crippen molar-refractivity contribution >= 4 is 95.8 Å². The highest BCUT2D eigenvalue weighted by molar-refractivity contribution is 9.10. The summed E-state index contributed by atoms with van der Waals surface area (Å²) < 4.78 is 48.9. The molecular formula is C28H37Br2ClN10O6S2. The van der Waals surface area contributed by atoms with Gasteiger partial charge < -0.3 is 27.4 Å². The smallest absolute Gasteiger partial charge is 0.252 e. The molecule has 4 atom stereocenters. The maximum absolute atomic E-state index is 11.8. The van der Waals surface area contributed by atoms with E-state index in [2.05, 4.69) is 75.6 Å². The first-order chi connectivity index (χ1) is 22.7. The third-order valence-electron chi connectivity index (χ3n) is 7.96. The van der Waals surface area contributed by atoms with Crippen LogP contribution in [0.4, 0.5) is 11.4 Å². The monoisotopic (exact) mass is 866 g/mol. The van der Waals surface area contributed by atoms with Crippen LogP contribution in [0.15, 0.2) is 45.9 Å². The predicted octanol–water partition coefficient (Wildman–Crippen LogP) is 2.29. The quantitative estimate of drug-likeness (QED) is 0.169. The number of aromatic nitrogens is 4. The molecule has 2 saturated heterocycles. The fraction of sp³-hybridized carbons (Fsp3) is 0.429. The third kappa shape index (κ3) is 10.0. The molecule has 4 aromatic rings. The molecule has 7 N–H and O–H groups in total. The molecule has 0 saturated carbocycles. The molecule has 0 radical (unpaired) electrons. The molecule has 4 aromatic heterocycles. The van der Waals surface area contributed by atoms with Gasteiger partial charge in [-0.3, -0.25) is 9.59 Å². The highest BCUT2D eigenvalue weighted by Gasteiger charge is 2.35. The van der Waals surface area contributed by atoms with Gasteiger partial charge in [0.25, 0.3) is 11.8 Å². The van der Waals surface area contributed by atoms with E-state index in [4.69, 9.17) is 11.5 Å². The normalized spacial score (nSPS) is 21.1. The Balaban J connectivity index is 0.000000197. The van der Waals surface area contributed by atoms with Crippen LogP contribution in [0.25, 0.3) is 11.0 Å². The van der Waals surface area contributed by atoms with E-state index in [0.717, 1.165) is 39.5 Å². The van der Waals surface area contributed by atoms with Crippen molar-refractivity contribution in [2.45, 2.75) is 25.9 Å². The Hall–Kier alpha value is -3.01. The lowest BCUT2D eigenvalue weighted by Gasteiger charge is -2.20. The summed E-state index contributed by atoms with van der Waals surface area (Å²) in [5.41, 5.74) is 14.5. The van der Waals surface area contributed by atoms with Crippen LogP contribution in [-0.2, 0) is 19.1 Å². The molecule has 6 rings (SSSR count). The van der Waals surface area contributed by atoms with E-state index in [1.807, 2.05) is 25.3 Å². The molecule has 16 nitrogen and oxygen atoms in total. The Morgan fingerprint density at radius 2 is 1.29 bits per heavy atom. The number of rotatable bonds is 7. The molecule has 2 amide bonds. The van der Waals surface area contributed by atoms with Crippen molar-refractivity contribution in [1.82, 2.24) is 28.9 Å². The Bertz CT molecular complexity index is 2090. The first-order valence-electron chi connectivity index (χ1n) is 14.7. The summed E-state index contributed by atoms with van der Waals surface area (Å²) in [5, 5.41) is 18.5. The zero-order chi connectivity index (χ0) is 36.4. The second kappa shape index (κ2) is 15.5. The Kier molecular flexibility index (Phi) is 12.3. The number of hydrogen-bond donors (Lipinski definition) is 5. The van der Waals surface area contributed by atoms with Crippen molar-refractivity contribution in [3.63, 3.8) is 0 Å². The summed E-state index contributed by atoms with van der Waals surface area (Å²) >= 11 is 6.82. The van der Waals surface area contributed by atoms with Gasteiger partial charge in [-0.1, -0.05) is 13.8 Å². The van der Waals surface area contributed by atoms with Crippen molar-refractivity contribution in [1.29, 1.82) is 0 Å². The Morgan fingerprint density at radius 1 is 0.837 bits per heavy atom. The van der Waals surface area contributed by atoms with E-state index in [9.17, 15) is 26.4 Å². The van der Waals surface area contributed by atoms with Gasteiger partial charge in [-0.15, -0.1) is 0 Å². The molecule has 2 aliphatic rings. The highest BCUT2D eigenvalue weighted by Crippen LogP contribution is 2.30. The summed E-state index contributed by atoms with van der Waals surface area (Å²) in [6.07, 6.45) is 8.67. The summed E-state index contributed by atoms with van der Waals surface area (Å²) in [5.74, 6) is -0.483. The molecule has 268 valence electrons. The lowest BCUT2D eigenvalue weighted by Crippen LogP contribution is -2.32. The van der Waals surface area contributed by atoms with Gasteiger partial charge in [-0.2, -0.15) is 14.5 Å². The zero-order valence-corrected chi connectivity index (χ0v) is 32.5. The maximum Gasteiger partial charge on any atom is 0.252 e. The second-order valence-corrected chi connectivity index (χ2v) is 18.8. The van der Waals surface area contributed by atoms with Crippen molar-refractivity contribution < 1.29 is 26.4 Å². The standard InChI is InChI=1S/C14H18BrN5O3S.C13H16BrN5O.CH3ClO2S/c1-8-5-19(24(2,22)23)7-11(8)18-13-10(14(16)21)4-17-20-6-9(15)3-12(13)20;1-7-3-16-5-10(7)18-12-9(13(15)20)4-17-19-6-8(14)2-11(12)19;1-5(2,3)4/h3-4,6,8,11,18H,5,7H2,1-2H3,(H2,16,21);2,4,6-7,10,16,18H,3,5H2,1H3,(H2,15,20);1H3/t8-,11+;7-,10+;/m00./s1. The number of hydrogen-bond acceptors (Lipinski definition) is 11. The van der Waals surface area contributed by atoms with Crippen LogP contribution in [-0.4, -0.2) is 103 Å². The lowest BCUT2D eigenvalue weighted by molar-refractivity contribution is 0.0992. The average molecular weight is 869 g/mol. The number of nitrogens with zero attached hydrogens (tertiary/aromatic N) is 5. The van der Waals surface area contributed by atoms with Crippen LogP contribution >= 0.6 is 42.5 Å². The van der Waals surface area contributed by atoms with Crippen LogP contribution in [0.3, 0.4) is 0 Å². The minimum atomic E-state index is -3.25. The summed E-state index contributed by atoms with van der Waals surface area (Å²) in [6.45, 7) is 6.77. The largest absolute Gasteiger partial charge is 0.378 e. The number of sulfonamides is 1. The number of nitrogens with two attached hydrogens (primary N) is 2. The molecule has 0 spiro atoms. The van der Waals surface area contributed by atoms with Gasteiger partial charge in [0.05, 0.1) is 58.4 Å². The van der Waals surface area contributed by atoms with Crippen molar-refractivity contribution in [3.8, 4) is 0 Å². The summed E-state index contributed by atoms with van der Waals surface area (Å²) in [4.78, 5) is 23.4. The number of anilines is 2. The topological polar surface area (TPSA) is 228 Å². The van der Waals surface area contributed by atoms with Gasteiger partial charge >= 0.3 is 0 Å². The molecule has 2 aliphatic heterocycles. The van der Waals surface area contributed by atoms with Gasteiger partial charge in [0.1, 0.15) is 0 Å². The first-order valence-corrected chi connectivity index (χ1v) is 20.9. The molecule has 6 heterocycles. The minimum Gasteiger partial charge on any atom is -0.378 e. The van der Waals surface area contributed by atoms with Crippen LogP contribution in [0, 0.1) is 11.8 Å². The number of halogens is 3. The molecule has 21 heteroatoms. The lowest BCUT2D eigenvalue weighted by atomic mass is 10.1. The predicted molar refractivity (Wildman–Crippen MR) is 196 cm³/mol. The number of primary amides is 2. The Labute approximate surface area is 305 Å². The van der Waals surface area contributed by atoms with Gasteiger partial charge in [0.2, 0.25) is 19.1 Å². The number of carbonyl (C=O) groups is 2. The fourth-order valence-electron chi connectivity index (χ4n) is 5.48. The molecular weight excluding hydrogens is 832 g/mol. The van der Waals surface area contributed by atoms with Gasteiger partial charge in [0.15, 0.2) is 0 Å². The number of carbonyl (C=O) groups excluding carboxylic acids is 2. The van der Waals surface area contributed by atoms with Crippen molar-refractivity contribution in [3.05, 3.63) is 57.0 Å². The number of nitrogens with one attached hydrogen (secondary N) is 3. The summed E-state index contributed by atoms with van der Waals surface area (Å²) in [7, 11) is -1.94. The van der Waals surface area contributed by atoms with Crippen LogP contribution in [0.2, 0.25) is 0 Å². The Morgan fingerprint density at radius 3 is 1.65 bits per heavy atom. The van der Waals surface area contributed by atoms with E-state index in [1.54, 1.807) is 15.2 Å². The van der Waals surface area contributed by atoms with Crippen LogP contribution in [0.1, 0.15) is 34.6 Å². The SMILES string of the molecule is CS(=O)(=O)Cl.C[C@H]1CN(S(C)(=O)=O)C[C@H]1Nc1c(C(N)=O)cnn2cc(Br)cc12.C[C@H]1CNC[C@H]1Nc1c(C(N)=O)cnn2cc(Br)cc12.